The molecule has 0 aliphatic heterocycles. The van der Waals surface area contributed by atoms with Gasteiger partial charge in [0.05, 0.1) is 40.4 Å². The van der Waals surface area contributed by atoms with E-state index in [1.54, 1.807) is 62.0 Å². The van der Waals surface area contributed by atoms with Gasteiger partial charge in [0.15, 0.2) is 11.3 Å². The standard InChI is InChI=1S/C30H16N10/c1-3-17-18-4-2-6-20-25-29(38-14-12-36-25)40(27(18)20)30(39-26(17)19(5-1)24-28(39)37-13-11-35-24)23(21-15-31-7-9-33-21)22-16-32-8-10-34-22/h1-16H. The second-order valence-electron chi connectivity index (χ2n) is 9.41. The van der Waals surface area contributed by atoms with Gasteiger partial charge in [0, 0.05) is 71.1 Å². The number of nitrogens with zero attached hydrogens (tertiary/aromatic N) is 10. The molecule has 0 aliphatic rings. The summed E-state index contributed by atoms with van der Waals surface area (Å²) in [7, 11) is 0. The van der Waals surface area contributed by atoms with Gasteiger partial charge < -0.3 is 0 Å². The number of aromatic nitrogens is 10. The maximum Gasteiger partial charge on any atom is 0.165 e. The minimum Gasteiger partial charge on any atom is -0.276 e. The molecule has 2 aromatic carbocycles. The van der Waals surface area contributed by atoms with E-state index >= 15 is 0 Å². The van der Waals surface area contributed by atoms with E-state index in [0.717, 1.165) is 54.7 Å². The Kier molecular flexibility index (Phi) is 4.11. The Morgan fingerprint density at radius 1 is 0.475 bits per heavy atom. The van der Waals surface area contributed by atoms with Gasteiger partial charge >= 0.3 is 0 Å². The smallest absolute Gasteiger partial charge is 0.165 e. The van der Waals surface area contributed by atoms with E-state index in [4.69, 9.17) is 29.9 Å². The van der Waals surface area contributed by atoms with Crippen LogP contribution in [0.25, 0.3) is 60.5 Å². The van der Waals surface area contributed by atoms with Crippen molar-refractivity contribution in [2.45, 2.75) is 0 Å². The van der Waals surface area contributed by atoms with Gasteiger partial charge in [0.1, 0.15) is 16.5 Å². The lowest BCUT2D eigenvalue weighted by atomic mass is 10.1. The first-order valence-electron chi connectivity index (χ1n) is 12.7. The van der Waals surface area contributed by atoms with Crippen molar-refractivity contribution >= 4 is 60.5 Å². The predicted molar refractivity (Wildman–Crippen MR) is 150 cm³/mol. The van der Waals surface area contributed by atoms with Crippen LogP contribution in [0.3, 0.4) is 0 Å². The van der Waals surface area contributed by atoms with Gasteiger partial charge in [-0.2, -0.15) is 0 Å². The molecule has 10 heteroatoms. The molecule has 7 aromatic heterocycles. The van der Waals surface area contributed by atoms with Gasteiger partial charge in [0.25, 0.3) is 0 Å². The molecule has 9 rings (SSSR count). The Bertz CT molecular complexity index is 2310. The Hall–Kier alpha value is -5.90. The highest BCUT2D eigenvalue weighted by Crippen LogP contribution is 2.36. The molecule has 0 atom stereocenters. The van der Waals surface area contributed by atoms with Crippen LogP contribution in [0.5, 0.6) is 0 Å². The summed E-state index contributed by atoms with van der Waals surface area (Å²) >= 11 is 0. The number of hydrogen-bond donors (Lipinski definition) is 0. The van der Waals surface area contributed by atoms with E-state index in [0.29, 0.717) is 22.7 Å². The third-order valence-electron chi connectivity index (χ3n) is 7.39. The second-order valence-corrected chi connectivity index (χ2v) is 9.41. The van der Waals surface area contributed by atoms with E-state index in [1.165, 1.54) is 0 Å². The predicted octanol–water partition coefficient (Wildman–Crippen LogP) is 3.93. The molecule has 0 spiro atoms. The highest BCUT2D eigenvalue weighted by Gasteiger charge is 2.24. The van der Waals surface area contributed by atoms with Crippen LogP contribution in [-0.2, 0) is 0 Å². The molecule has 0 fully saturated rings. The van der Waals surface area contributed by atoms with Crippen molar-refractivity contribution in [3.8, 4) is 0 Å². The van der Waals surface area contributed by atoms with Crippen LogP contribution in [0.15, 0.2) is 98.4 Å². The fraction of sp³-hybridized carbons (Fsp3) is 0. The minimum absolute atomic E-state index is 0.632. The van der Waals surface area contributed by atoms with E-state index in [2.05, 4.69) is 55.2 Å². The third kappa shape index (κ3) is 2.66. The van der Waals surface area contributed by atoms with E-state index in [1.807, 2.05) is 0 Å². The number of fused-ring (bicyclic) bond motifs is 7. The summed E-state index contributed by atoms with van der Waals surface area (Å²) in [6.45, 7) is 0. The summed E-state index contributed by atoms with van der Waals surface area (Å²) in [5, 5.41) is 4.10. The van der Waals surface area contributed by atoms with Crippen molar-refractivity contribution < 1.29 is 0 Å². The molecule has 7 heterocycles. The van der Waals surface area contributed by atoms with Crippen molar-refractivity contribution in [2.24, 2.45) is 0 Å². The Labute approximate surface area is 224 Å². The van der Waals surface area contributed by atoms with Crippen molar-refractivity contribution in [3.05, 3.63) is 115 Å². The Morgan fingerprint density at radius 3 is 1.40 bits per heavy atom. The second kappa shape index (κ2) is 7.81. The van der Waals surface area contributed by atoms with Crippen molar-refractivity contribution in [1.82, 2.24) is 48.7 Å². The number of benzene rings is 2. The number of hydrogen-bond acceptors (Lipinski definition) is 8. The fourth-order valence-corrected chi connectivity index (χ4v) is 5.92. The van der Waals surface area contributed by atoms with Gasteiger partial charge in [-0.05, 0) is 0 Å². The van der Waals surface area contributed by atoms with Gasteiger partial charge in [-0.3, -0.25) is 38.7 Å². The maximum atomic E-state index is 4.86. The number of para-hydroxylation sites is 2. The van der Waals surface area contributed by atoms with Crippen LogP contribution in [0.4, 0.5) is 0 Å². The lowest BCUT2D eigenvalue weighted by Gasteiger charge is -2.09. The van der Waals surface area contributed by atoms with Crippen molar-refractivity contribution in [2.75, 3.05) is 0 Å². The van der Waals surface area contributed by atoms with Crippen molar-refractivity contribution in [3.63, 3.8) is 0 Å². The molecule has 0 amide bonds. The fourth-order valence-electron chi connectivity index (χ4n) is 5.92. The quantitative estimate of drug-likeness (QED) is 0.340. The summed E-state index contributed by atoms with van der Waals surface area (Å²) in [5.41, 5.74) is 7.71. The molecule has 40 heavy (non-hydrogen) atoms. The molecule has 10 nitrogen and oxygen atoms in total. The van der Waals surface area contributed by atoms with E-state index in [9.17, 15) is 0 Å². The van der Waals surface area contributed by atoms with Crippen LogP contribution >= 0.6 is 0 Å². The van der Waals surface area contributed by atoms with Crippen molar-refractivity contribution in [1.29, 1.82) is 0 Å². The van der Waals surface area contributed by atoms with Gasteiger partial charge in [-0.1, -0.05) is 36.4 Å². The van der Waals surface area contributed by atoms with E-state index in [-0.39, 0.29) is 0 Å². The molecule has 0 N–H and O–H groups in total. The topological polar surface area (TPSA) is 112 Å². The monoisotopic (exact) mass is 516 g/mol. The molecule has 0 radical (unpaired) electrons. The molecule has 0 unspecified atom stereocenters. The molecule has 0 saturated heterocycles. The Morgan fingerprint density at radius 2 is 0.925 bits per heavy atom. The largest absolute Gasteiger partial charge is 0.276 e. The molecular weight excluding hydrogens is 500 g/mol. The molecule has 9 aromatic rings. The van der Waals surface area contributed by atoms with E-state index < -0.39 is 0 Å². The normalized spacial score (nSPS) is 12.0. The Balaban J connectivity index is 1.79. The molecular formula is C30H16N10. The first kappa shape index (κ1) is 21.1. The summed E-state index contributed by atoms with van der Waals surface area (Å²) in [4.78, 5) is 37.6. The van der Waals surface area contributed by atoms with Gasteiger partial charge in [-0.15, -0.1) is 0 Å². The zero-order valence-corrected chi connectivity index (χ0v) is 20.7. The third-order valence-corrected chi connectivity index (χ3v) is 7.39. The highest BCUT2D eigenvalue weighted by molar-refractivity contribution is 6.22. The number of rotatable bonds is 2. The SMILES string of the molecule is c1cc2c3cccc4c5nccnc5n(c(=C(c5cnccn5)c5cnccn5)n5c6nccnc6c(c1)c25)c34. The summed E-state index contributed by atoms with van der Waals surface area (Å²) in [6.07, 6.45) is 17.0. The first-order valence-corrected chi connectivity index (χ1v) is 12.7. The zero-order chi connectivity index (χ0) is 26.2. The average Bonchev–Trinajstić information content (AvgIpc) is 3.50. The summed E-state index contributed by atoms with van der Waals surface area (Å²) in [5.74, 6) is 0. The zero-order valence-electron chi connectivity index (χ0n) is 20.7. The molecule has 0 bridgehead atoms. The van der Waals surface area contributed by atoms with Crippen LogP contribution in [0, 0.1) is 0 Å². The summed E-state index contributed by atoms with van der Waals surface area (Å²) in [6, 6.07) is 12.6. The molecule has 0 saturated carbocycles. The molecule has 0 aliphatic carbocycles. The highest BCUT2D eigenvalue weighted by atomic mass is 15.1. The average molecular weight is 517 g/mol. The lowest BCUT2D eigenvalue weighted by Crippen LogP contribution is -2.26. The maximum absolute atomic E-state index is 4.86. The van der Waals surface area contributed by atoms with Crippen LogP contribution in [-0.4, -0.2) is 48.7 Å². The lowest BCUT2D eigenvalue weighted by molar-refractivity contribution is 0.984. The van der Waals surface area contributed by atoms with Crippen LogP contribution in [0.1, 0.15) is 11.4 Å². The van der Waals surface area contributed by atoms with Gasteiger partial charge in [0.2, 0.25) is 0 Å². The summed E-state index contributed by atoms with van der Waals surface area (Å²) < 4.78 is 4.30. The van der Waals surface area contributed by atoms with Crippen LogP contribution < -0.4 is 5.48 Å². The van der Waals surface area contributed by atoms with Gasteiger partial charge in [-0.25, -0.2) is 9.97 Å². The van der Waals surface area contributed by atoms with Crippen LogP contribution in [0.2, 0.25) is 0 Å². The minimum atomic E-state index is 0.632. The first-order chi connectivity index (χ1) is 19.9. The molecule has 186 valence electrons.